The Morgan fingerprint density at radius 3 is 1.30 bits per heavy atom. The quantitative estimate of drug-likeness (QED) is 0.531. The molecule has 2 amide bonds. The van der Waals surface area contributed by atoms with Crippen molar-refractivity contribution >= 4 is 12.2 Å². The minimum absolute atomic E-state index is 0.0589. The Kier molecular flexibility index (Phi) is 10.4. The molecular weight excluding hydrogens is 388 g/mol. The highest BCUT2D eigenvalue weighted by Gasteiger charge is 2.25. The third-order valence-corrected chi connectivity index (χ3v) is 4.73. The van der Waals surface area contributed by atoms with Gasteiger partial charge in [-0.05, 0) is 92.9 Å². The summed E-state index contributed by atoms with van der Waals surface area (Å²) in [4.78, 5) is 22.8. The monoisotopic (exact) mass is 430 g/mol. The van der Waals surface area contributed by atoms with Crippen LogP contribution in [0, 0.1) is 0 Å². The van der Waals surface area contributed by atoms with E-state index in [2.05, 4.69) is 10.6 Å². The highest BCUT2D eigenvalue weighted by atomic mass is 16.6. The van der Waals surface area contributed by atoms with Crippen LogP contribution in [0.5, 0.6) is 0 Å². The number of aliphatic hydroxyl groups is 2. The van der Waals surface area contributed by atoms with Crippen molar-refractivity contribution in [3.05, 3.63) is 0 Å². The van der Waals surface area contributed by atoms with Gasteiger partial charge in [-0.2, -0.15) is 0 Å². The molecule has 2 saturated carbocycles. The Bertz CT molecular complexity index is 493. The van der Waals surface area contributed by atoms with Gasteiger partial charge in [0.1, 0.15) is 11.2 Å². The third-order valence-electron chi connectivity index (χ3n) is 4.73. The summed E-state index contributed by atoms with van der Waals surface area (Å²) in [5, 5.41) is 24.4. The molecule has 0 heterocycles. The van der Waals surface area contributed by atoms with Crippen LogP contribution in [-0.4, -0.2) is 57.9 Å². The molecule has 8 nitrogen and oxygen atoms in total. The molecule has 2 rings (SSSR count). The molecule has 0 radical (unpaired) electrons. The number of carbonyl (C=O) groups excluding carboxylic acids is 2. The minimum atomic E-state index is -0.461. The maximum absolute atomic E-state index is 11.4. The SMILES string of the molecule is CC(C)(C)OC(=O)N[C@@H]1CCC[C@@H](O)C1.CC(C)(C)OC(=O)N[C@H]1CCC[C@H](O)C1. The molecule has 0 saturated heterocycles. The van der Waals surface area contributed by atoms with Crippen LogP contribution in [0.2, 0.25) is 0 Å². The lowest BCUT2D eigenvalue weighted by molar-refractivity contribution is 0.0436. The highest BCUT2D eigenvalue weighted by molar-refractivity contribution is 5.68. The van der Waals surface area contributed by atoms with Crippen LogP contribution < -0.4 is 10.6 Å². The fraction of sp³-hybridized carbons (Fsp3) is 0.909. The largest absolute Gasteiger partial charge is 0.444 e. The fourth-order valence-corrected chi connectivity index (χ4v) is 3.54. The van der Waals surface area contributed by atoms with E-state index in [1.165, 1.54) is 0 Å². The van der Waals surface area contributed by atoms with E-state index in [0.29, 0.717) is 12.8 Å². The molecule has 2 fully saturated rings. The predicted octanol–water partition coefficient (Wildman–Crippen LogP) is 3.63. The van der Waals surface area contributed by atoms with Crippen molar-refractivity contribution in [1.82, 2.24) is 10.6 Å². The summed E-state index contributed by atoms with van der Waals surface area (Å²) in [7, 11) is 0. The summed E-state index contributed by atoms with van der Waals surface area (Å²) in [5.74, 6) is 0. The van der Waals surface area contributed by atoms with Gasteiger partial charge in [-0.25, -0.2) is 9.59 Å². The first-order chi connectivity index (χ1) is 13.7. The molecular formula is C22H42N2O6. The maximum atomic E-state index is 11.4. The van der Waals surface area contributed by atoms with Crippen molar-refractivity contribution in [1.29, 1.82) is 0 Å². The van der Waals surface area contributed by atoms with Gasteiger partial charge in [0.2, 0.25) is 0 Å². The smallest absolute Gasteiger partial charge is 0.407 e. The molecule has 0 aromatic heterocycles. The molecule has 30 heavy (non-hydrogen) atoms. The zero-order chi connectivity index (χ0) is 22.9. The number of rotatable bonds is 2. The van der Waals surface area contributed by atoms with E-state index in [1.54, 1.807) is 0 Å². The van der Waals surface area contributed by atoms with Gasteiger partial charge in [-0.15, -0.1) is 0 Å². The van der Waals surface area contributed by atoms with Gasteiger partial charge in [-0.3, -0.25) is 0 Å². The number of hydrogen-bond donors (Lipinski definition) is 4. The summed E-state index contributed by atoms with van der Waals surface area (Å²) in [6, 6.07) is 0.118. The molecule has 0 spiro atoms. The van der Waals surface area contributed by atoms with Crippen molar-refractivity contribution < 1.29 is 29.3 Å². The third kappa shape index (κ3) is 12.9. The topological polar surface area (TPSA) is 117 Å². The van der Waals surface area contributed by atoms with E-state index >= 15 is 0 Å². The lowest BCUT2D eigenvalue weighted by Gasteiger charge is -2.28. The van der Waals surface area contributed by atoms with Gasteiger partial charge in [0.25, 0.3) is 0 Å². The Morgan fingerprint density at radius 2 is 1.03 bits per heavy atom. The Labute approximate surface area is 181 Å². The molecule has 8 heteroatoms. The van der Waals surface area contributed by atoms with Crippen LogP contribution in [0.3, 0.4) is 0 Å². The van der Waals surface area contributed by atoms with Crippen molar-refractivity contribution in [2.75, 3.05) is 0 Å². The van der Waals surface area contributed by atoms with Crippen LogP contribution in [0.1, 0.15) is 92.9 Å². The second kappa shape index (κ2) is 11.7. The maximum Gasteiger partial charge on any atom is 0.407 e. The number of nitrogens with one attached hydrogen (secondary N) is 2. The number of aliphatic hydroxyl groups excluding tert-OH is 2. The number of carbonyl (C=O) groups is 2. The summed E-state index contributed by atoms with van der Waals surface area (Å²) in [5.41, 5.74) is -0.922. The zero-order valence-corrected chi connectivity index (χ0v) is 19.5. The molecule has 4 N–H and O–H groups in total. The average Bonchev–Trinajstić information content (AvgIpc) is 2.51. The van der Waals surface area contributed by atoms with Gasteiger partial charge in [0, 0.05) is 12.1 Å². The molecule has 0 aromatic carbocycles. The molecule has 0 aliphatic heterocycles. The lowest BCUT2D eigenvalue weighted by atomic mass is 9.93. The number of amides is 2. The molecule has 2 aliphatic carbocycles. The molecule has 0 aromatic rings. The van der Waals surface area contributed by atoms with Crippen molar-refractivity contribution in [3.8, 4) is 0 Å². The molecule has 0 unspecified atom stereocenters. The van der Waals surface area contributed by atoms with E-state index < -0.39 is 11.2 Å². The first-order valence-electron chi connectivity index (χ1n) is 11.1. The molecule has 4 atom stereocenters. The van der Waals surface area contributed by atoms with Crippen LogP contribution in [0.25, 0.3) is 0 Å². The number of hydrogen-bond acceptors (Lipinski definition) is 6. The first-order valence-corrected chi connectivity index (χ1v) is 11.1. The van der Waals surface area contributed by atoms with Crippen molar-refractivity contribution in [3.63, 3.8) is 0 Å². The van der Waals surface area contributed by atoms with Crippen molar-refractivity contribution in [2.24, 2.45) is 0 Å². The minimum Gasteiger partial charge on any atom is -0.444 e. The normalized spacial score (nSPS) is 27.2. The van der Waals surface area contributed by atoms with E-state index in [4.69, 9.17) is 9.47 Å². The number of ether oxygens (including phenoxy) is 2. The first kappa shape index (κ1) is 26.5. The van der Waals surface area contributed by atoms with Gasteiger partial charge >= 0.3 is 12.2 Å². The Morgan fingerprint density at radius 1 is 0.700 bits per heavy atom. The molecule has 176 valence electrons. The second-order valence-electron chi connectivity index (χ2n) is 10.3. The Hall–Kier alpha value is -1.54. The second-order valence-corrected chi connectivity index (χ2v) is 10.3. The van der Waals surface area contributed by atoms with Crippen LogP contribution >= 0.6 is 0 Å². The van der Waals surface area contributed by atoms with E-state index in [0.717, 1.165) is 38.5 Å². The van der Waals surface area contributed by atoms with Crippen LogP contribution in [0.4, 0.5) is 9.59 Å². The fourth-order valence-electron chi connectivity index (χ4n) is 3.54. The van der Waals surface area contributed by atoms with Gasteiger partial charge in [0.05, 0.1) is 12.2 Å². The van der Waals surface area contributed by atoms with Crippen LogP contribution in [-0.2, 0) is 9.47 Å². The summed E-state index contributed by atoms with van der Waals surface area (Å²) < 4.78 is 10.3. The van der Waals surface area contributed by atoms with E-state index in [-0.39, 0.29) is 36.5 Å². The number of alkyl carbamates (subject to hydrolysis) is 2. The molecule has 2 aliphatic rings. The molecule has 0 bridgehead atoms. The average molecular weight is 431 g/mol. The van der Waals surface area contributed by atoms with E-state index in [1.807, 2.05) is 41.5 Å². The van der Waals surface area contributed by atoms with Crippen molar-refractivity contribution in [2.45, 2.75) is 128 Å². The van der Waals surface area contributed by atoms with Gasteiger partial charge < -0.3 is 30.3 Å². The summed E-state index contributed by atoms with van der Waals surface area (Å²) in [6.45, 7) is 11.0. The van der Waals surface area contributed by atoms with Crippen LogP contribution in [0.15, 0.2) is 0 Å². The Balaban J connectivity index is 0.000000300. The van der Waals surface area contributed by atoms with E-state index in [9.17, 15) is 19.8 Å². The highest BCUT2D eigenvalue weighted by Crippen LogP contribution is 2.20. The lowest BCUT2D eigenvalue weighted by Crippen LogP contribution is -2.42. The van der Waals surface area contributed by atoms with Gasteiger partial charge in [0.15, 0.2) is 0 Å². The standard InChI is InChI=1S/2C11H21NO3/c2*1-11(2,3)15-10(14)12-8-5-4-6-9(13)7-8/h2*8-9,13H,4-7H2,1-3H3,(H,12,14)/t2*8-,9-/m10/s1. The predicted molar refractivity (Wildman–Crippen MR) is 115 cm³/mol. The summed E-state index contributed by atoms with van der Waals surface area (Å²) in [6.07, 6.45) is 5.40. The van der Waals surface area contributed by atoms with Gasteiger partial charge in [-0.1, -0.05) is 0 Å². The zero-order valence-electron chi connectivity index (χ0n) is 19.5. The summed E-state index contributed by atoms with van der Waals surface area (Å²) >= 11 is 0.